The van der Waals surface area contributed by atoms with E-state index in [-0.39, 0.29) is 18.0 Å². The first-order valence-electron chi connectivity index (χ1n) is 8.07. The Bertz CT molecular complexity index is 1050. The number of alkyl halides is 3. The molecule has 1 amide bonds. The smallest absolute Gasteiger partial charge is 0.351 e. The highest BCUT2D eigenvalue weighted by Gasteiger charge is 2.29. The first-order chi connectivity index (χ1) is 12.7. The normalized spacial score (nSPS) is 11.7. The van der Waals surface area contributed by atoms with Gasteiger partial charge in [0.25, 0.3) is 11.5 Å². The summed E-state index contributed by atoms with van der Waals surface area (Å²) in [6, 6.07) is 4.84. The highest BCUT2D eigenvalue weighted by atomic mass is 32.1. The zero-order chi connectivity index (χ0) is 19.8. The minimum Gasteiger partial charge on any atom is -0.351 e. The molecule has 0 aliphatic heterocycles. The number of nitrogens with zero attached hydrogens (tertiary/aromatic N) is 2. The Morgan fingerprint density at radius 3 is 2.56 bits per heavy atom. The Balaban J connectivity index is 1.68. The van der Waals surface area contributed by atoms with Gasteiger partial charge in [-0.15, -0.1) is 11.3 Å². The summed E-state index contributed by atoms with van der Waals surface area (Å²) in [5, 5.41) is 3.17. The van der Waals surface area contributed by atoms with E-state index in [1.165, 1.54) is 23.0 Å². The van der Waals surface area contributed by atoms with Gasteiger partial charge in [0.15, 0.2) is 0 Å². The topological polar surface area (TPSA) is 64.0 Å². The standard InChI is InChI=1S/C18H16F3N3O2S/c1-10-13-16(23-9-24(2)17(13)26)27-14(10)15(25)22-8-7-11-3-5-12(6-4-11)18(19,20)21/h3-6,9H,7-8H2,1-2H3,(H,22,25). The summed E-state index contributed by atoms with van der Waals surface area (Å²) in [5.74, 6) is -0.329. The third kappa shape index (κ3) is 3.87. The fraction of sp³-hybridized carbons (Fsp3) is 0.278. The number of hydrogen-bond donors (Lipinski definition) is 1. The Morgan fingerprint density at radius 1 is 1.26 bits per heavy atom. The molecule has 1 aromatic carbocycles. The van der Waals surface area contributed by atoms with Crippen LogP contribution in [-0.2, 0) is 19.6 Å². The molecule has 1 N–H and O–H groups in total. The van der Waals surface area contributed by atoms with E-state index < -0.39 is 11.7 Å². The number of nitrogens with one attached hydrogen (secondary N) is 1. The second-order valence-corrected chi connectivity index (χ2v) is 7.10. The molecule has 2 heterocycles. The lowest BCUT2D eigenvalue weighted by molar-refractivity contribution is -0.137. The van der Waals surface area contributed by atoms with E-state index >= 15 is 0 Å². The Labute approximate surface area is 156 Å². The van der Waals surface area contributed by atoms with Gasteiger partial charge in [-0.2, -0.15) is 13.2 Å². The highest BCUT2D eigenvalue weighted by Crippen LogP contribution is 2.29. The van der Waals surface area contributed by atoms with Crippen LogP contribution < -0.4 is 10.9 Å². The molecule has 9 heteroatoms. The molecule has 0 saturated heterocycles. The summed E-state index contributed by atoms with van der Waals surface area (Å²) in [5.41, 5.74) is 0.352. The van der Waals surface area contributed by atoms with Crippen molar-refractivity contribution in [2.24, 2.45) is 7.05 Å². The van der Waals surface area contributed by atoms with Gasteiger partial charge in [0.05, 0.1) is 22.2 Å². The van der Waals surface area contributed by atoms with Gasteiger partial charge < -0.3 is 9.88 Å². The van der Waals surface area contributed by atoms with Crippen molar-refractivity contribution in [3.63, 3.8) is 0 Å². The zero-order valence-corrected chi connectivity index (χ0v) is 15.4. The average molecular weight is 395 g/mol. The van der Waals surface area contributed by atoms with Gasteiger partial charge in [0, 0.05) is 13.6 Å². The molecule has 3 aromatic rings. The van der Waals surface area contributed by atoms with Crippen molar-refractivity contribution in [1.82, 2.24) is 14.9 Å². The van der Waals surface area contributed by atoms with Crippen molar-refractivity contribution < 1.29 is 18.0 Å². The summed E-state index contributed by atoms with van der Waals surface area (Å²) < 4.78 is 39.0. The van der Waals surface area contributed by atoms with Crippen LogP contribution in [0.5, 0.6) is 0 Å². The number of thiophene rings is 1. The van der Waals surface area contributed by atoms with Gasteiger partial charge in [-0.05, 0) is 36.6 Å². The zero-order valence-electron chi connectivity index (χ0n) is 14.6. The maximum Gasteiger partial charge on any atom is 0.416 e. The van der Waals surface area contributed by atoms with Crippen LogP contribution in [-0.4, -0.2) is 22.0 Å². The highest BCUT2D eigenvalue weighted by molar-refractivity contribution is 7.20. The fourth-order valence-corrected chi connectivity index (χ4v) is 3.74. The number of carbonyl (C=O) groups is 1. The van der Waals surface area contributed by atoms with Crippen molar-refractivity contribution in [1.29, 1.82) is 0 Å². The molecule has 0 bridgehead atoms. The van der Waals surface area contributed by atoms with E-state index in [0.29, 0.717) is 32.6 Å². The Hall–Kier alpha value is -2.68. The molecule has 5 nitrogen and oxygen atoms in total. The third-order valence-corrected chi connectivity index (χ3v) is 5.40. The average Bonchev–Trinajstić information content (AvgIpc) is 2.95. The second kappa shape index (κ2) is 7.15. The van der Waals surface area contributed by atoms with Crippen LogP contribution in [0, 0.1) is 6.92 Å². The maximum atomic E-state index is 12.6. The summed E-state index contributed by atoms with van der Waals surface area (Å²) in [4.78, 5) is 29.7. The number of benzene rings is 1. The first kappa shape index (κ1) is 19.1. The molecule has 0 saturated carbocycles. The quantitative estimate of drug-likeness (QED) is 0.737. The monoisotopic (exact) mass is 395 g/mol. The van der Waals surface area contributed by atoms with E-state index in [1.807, 2.05) is 0 Å². The predicted molar refractivity (Wildman–Crippen MR) is 97.1 cm³/mol. The Morgan fingerprint density at radius 2 is 1.93 bits per heavy atom. The molecule has 0 fully saturated rings. The van der Waals surface area contributed by atoms with Crippen LogP contribution in [0.2, 0.25) is 0 Å². The van der Waals surface area contributed by atoms with Crippen LogP contribution in [0.25, 0.3) is 10.2 Å². The molecule has 0 atom stereocenters. The number of aromatic nitrogens is 2. The lowest BCUT2D eigenvalue weighted by Gasteiger charge is -2.08. The van der Waals surface area contributed by atoms with E-state index in [4.69, 9.17) is 0 Å². The van der Waals surface area contributed by atoms with E-state index in [1.54, 1.807) is 14.0 Å². The predicted octanol–water partition coefficient (Wildman–Crippen LogP) is 3.29. The van der Waals surface area contributed by atoms with Crippen LogP contribution in [0.4, 0.5) is 13.2 Å². The van der Waals surface area contributed by atoms with Gasteiger partial charge in [-0.1, -0.05) is 12.1 Å². The van der Waals surface area contributed by atoms with Crippen LogP contribution in [0.15, 0.2) is 35.4 Å². The molecular weight excluding hydrogens is 379 g/mol. The van der Waals surface area contributed by atoms with Crippen molar-refractivity contribution in [3.8, 4) is 0 Å². The van der Waals surface area contributed by atoms with Crippen LogP contribution in [0.1, 0.15) is 26.4 Å². The molecule has 0 spiro atoms. The minimum absolute atomic E-state index is 0.211. The van der Waals surface area contributed by atoms with Gasteiger partial charge in [-0.3, -0.25) is 9.59 Å². The van der Waals surface area contributed by atoms with Gasteiger partial charge in [0.2, 0.25) is 0 Å². The second-order valence-electron chi connectivity index (χ2n) is 6.10. The molecule has 0 aliphatic rings. The number of halogens is 3. The number of carbonyl (C=O) groups excluding carboxylic acids is 1. The van der Waals surface area contributed by atoms with E-state index in [0.717, 1.165) is 23.5 Å². The number of fused-ring (bicyclic) bond motifs is 1. The molecule has 0 aliphatic carbocycles. The molecule has 27 heavy (non-hydrogen) atoms. The molecule has 142 valence electrons. The van der Waals surface area contributed by atoms with Crippen molar-refractivity contribution in [3.05, 3.63) is 62.5 Å². The summed E-state index contributed by atoms with van der Waals surface area (Å²) in [6.45, 7) is 1.97. The lowest BCUT2D eigenvalue weighted by Crippen LogP contribution is -2.25. The molecule has 3 rings (SSSR count). The molecular formula is C18H16F3N3O2S. The van der Waals surface area contributed by atoms with Crippen molar-refractivity contribution in [2.45, 2.75) is 19.5 Å². The minimum atomic E-state index is -4.36. The number of aryl methyl sites for hydroxylation is 2. The van der Waals surface area contributed by atoms with Crippen LogP contribution >= 0.6 is 11.3 Å². The van der Waals surface area contributed by atoms with Gasteiger partial charge in [-0.25, -0.2) is 4.98 Å². The molecule has 2 aromatic heterocycles. The first-order valence-corrected chi connectivity index (χ1v) is 8.89. The number of rotatable bonds is 4. The van der Waals surface area contributed by atoms with Crippen molar-refractivity contribution in [2.75, 3.05) is 6.54 Å². The lowest BCUT2D eigenvalue weighted by atomic mass is 10.1. The van der Waals surface area contributed by atoms with Gasteiger partial charge in [0.1, 0.15) is 4.83 Å². The van der Waals surface area contributed by atoms with E-state index in [9.17, 15) is 22.8 Å². The molecule has 0 radical (unpaired) electrons. The molecule has 0 unspecified atom stereocenters. The fourth-order valence-electron chi connectivity index (χ4n) is 2.69. The summed E-state index contributed by atoms with van der Waals surface area (Å²) >= 11 is 1.14. The van der Waals surface area contributed by atoms with Crippen molar-refractivity contribution >= 4 is 27.5 Å². The SMILES string of the molecule is Cc1c(C(=O)NCCc2ccc(C(F)(F)F)cc2)sc2ncn(C)c(=O)c12. The largest absolute Gasteiger partial charge is 0.416 e. The Kier molecular flexibility index (Phi) is 5.05. The number of amides is 1. The summed E-state index contributed by atoms with van der Waals surface area (Å²) in [7, 11) is 1.59. The summed E-state index contributed by atoms with van der Waals surface area (Å²) in [6.07, 6.45) is -2.56. The van der Waals surface area contributed by atoms with E-state index in [2.05, 4.69) is 10.3 Å². The van der Waals surface area contributed by atoms with Crippen LogP contribution in [0.3, 0.4) is 0 Å². The maximum absolute atomic E-state index is 12.6. The number of hydrogen-bond acceptors (Lipinski definition) is 4. The van der Waals surface area contributed by atoms with Gasteiger partial charge >= 0.3 is 6.18 Å². The third-order valence-electron chi connectivity index (χ3n) is 4.20.